The molecule has 0 atom stereocenters. The number of aryl methyl sites for hydroxylation is 1. The average molecular weight is 193 g/mol. The van der Waals surface area contributed by atoms with Gasteiger partial charge in [-0.2, -0.15) is 0 Å². The van der Waals surface area contributed by atoms with E-state index in [0.717, 1.165) is 0 Å². The zero-order valence-electron chi connectivity index (χ0n) is 5.73. The third-order valence-corrected chi connectivity index (χ3v) is 1.79. The molecule has 0 unspecified atom stereocenters. The van der Waals surface area contributed by atoms with Crippen molar-refractivity contribution < 1.29 is 0 Å². The van der Waals surface area contributed by atoms with Crippen LogP contribution in [0.25, 0.3) is 0 Å². The van der Waals surface area contributed by atoms with Crippen LogP contribution in [0.15, 0.2) is 0 Å². The van der Waals surface area contributed by atoms with Crippen molar-refractivity contribution in [3.8, 4) is 0 Å². The molecule has 1 aromatic heterocycles. The minimum absolute atomic E-state index is 0.201. The Morgan fingerprint density at radius 1 is 1.36 bits per heavy atom. The molecule has 0 fully saturated rings. The lowest BCUT2D eigenvalue weighted by molar-refractivity contribution is 1.04. The Bertz CT molecular complexity index is 275. The molecule has 6 heteroatoms. The van der Waals surface area contributed by atoms with Crippen LogP contribution in [0.5, 0.6) is 0 Å². The van der Waals surface area contributed by atoms with Gasteiger partial charge in [-0.05, 0) is 6.92 Å². The van der Waals surface area contributed by atoms with Crippen LogP contribution in [0.4, 0.5) is 5.82 Å². The van der Waals surface area contributed by atoms with Gasteiger partial charge in [-0.25, -0.2) is 15.8 Å². The summed E-state index contributed by atoms with van der Waals surface area (Å²) in [5, 5.41) is 0.437. The minimum atomic E-state index is 0.201. The summed E-state index contributed by atoms with van der Waals surface area (Å²) in [7, 11) is 0. The zero-order chi connectivity index (χ0) is 8.43. The number of nitrogen functional groups attached to an aromatic ring is 1. The largest absolute Gasteiger partial charge is 0.307 e. The highest BCUT2D eigenvalue weighted by Crippen LogP contribution is 2.25. The maximum atomic E-state index is 5.67. The summed E-state index contributed by atoms with van der Waals surface area (Å²) in [6.07, 6.45) is 0. The van der Waals surface area contributed by atoms with Crippen molar-refractivity contribution in [3.63, 3.8) is 0 Å². The lowest BCUT2D eigenvalue weighted by Crippen LogP contribution is -2.10. The van der Waals surface area contributed by atoms with Gasteiger partial charge in [0.25, 0.3) is 0 Å². The molecule has 0 saturated carbocycles. The maximum Gasteiger partial charge on any atom is 0.164 e. The molecule has 0 aromatic carbocycles. The first-order valence-electron chi connectivity index (χ1n) is 2.81. The smallest absolute Gasteiger partial charge is 0.164 e. The van der Waals surface area contributed by atoms with Gasteiger partial charge in [0, 0.05) is 0 Å². The van der Waals surface area contributed by atoms with Crippen molar-refractivity contribution in [1.29, 1.82) is 0 Å². The van der Waals surface area contributed by atoms with Crippen LogP contribution in [0, 0.1) is 6.92 Å². The second kappa shape index (κ2) is 3.21. The molecular formula is C5H6Cl2N4. The normalized spacial score (nSPS) is 9.82. The number of nitrogens with one attached hydrogen (secondary N) is 1. The third-order valence-electron chi connectivity index (χ3n) is 1.06. The number of halogens is 2. The number of nitrogens with zero attached hydrogens (tertiary/aromatic N) is 2. The molecular weight excluding hydrogens is 187 g/mol. The number of nitrogens with two attached hydrogens (primary N) is 1. The molecule has 1 rings (SSSR count). The van der Waals surface area contributed by atoms with E-state index in [2.05, 4.69) is 15.4 Å². The van der Waals surface area contributed by atoms with Crippen LogP contribution in [0.3, 0.4) is 0 Å². The van der Waals surface area contributed by atoms with Gasteiger partial charge in [0.15, 0.2) is 11.0 Å². The molecule has 11 heavy (non-hydrogen) atoms. The van der Waals surface area contributed by atoms with Crippen molar-refractivity contribution in [1.82, 2.24) is 9.97 Å². The topological polar surface area (TPSA) is 63.8 Å². The van der Waals surface area contributed by atoms with Gasteiger partial charge in [0.05, 0.1) is 0 Å². The third kappa shape index (κ3) is 1.71. The lowest BCUT2D eigenvalue weighted by atomic mass is 10.5. The summed E-state index contributed by atoms with van der Waals surface area (Å²) >= 11 is 11.3. The first kappa shape index (κ1) is 8.52. The van der Waals surface area contributed by atoms with Crippen LogP contribution in [0.1, 0.15) is 5.82 Å². The molecule has 1 aromatic rings. The van der Waals surface area contributed by atoms with Crippen LogP contribution in [0.2, 0.25) is 10.2 Å². The quantitative estimate of drug-likeness (QED) is 0.401. The monoisotopic (exact) mass is 192 g/mol. The molecule has 0 aliphatic heterocycles. The van der Waals surface area contributed by atoms with Gasteiger partial charge in [-0.3, -0.25) is 0 Å². The summed E-state index contributed by atoms with van der Waals surface area (Å²) in [6.45, 7) is 1.70. The summed E-state index contributed by atoms with van der Waals surface area (Å²) in [5.74, 6) is 5.96. The van der Waals surface area contributed by atoms with Gasteiger partial charge in [-0.15, -0.1) is 0 Å². The Balaban J connectivity index is 3.24. The Hall–Kier alpha value is -0.580. The Morgan fingerprint density at radius 3 is 2.55 bits per heavy atom. The van der Waals surface area contributed by atoms with E-state index in [9.17, 15) is 0 Å². The fraction of sp³-hybridized carbons (Fsp3) is 0.200. The van der Waals surface area contributed by atoms with Crippen molar-refractivity contribution in [2.45, 2.75) is 6.92 Å². The molecule has 0 bridgehead atoms. The Morgan fingerprint density at radius 2 is 2.00 bits per heavy atom. The molecule has 0 amide bonds. The molecule has 1 heterocycles. The summed E-state index contributed by atoms with van der Waals surface area (Å²) in [4.78, 5) is 7.70. The van der Waals surface area contributed by atoms with Gasteiger partial charge in [0.2, 0.25) is 0 Å². The van der Waals surface area contributed by atoms with Gasteiger partial charge >= 0.3 is 0 Å². The molecule has 60 valence electrons. The van der Waals surface area contributed by atoms with E-state index < -0.39 is 0 Å². The standard InChI is InChI=1S/C5H6Cl2N4/c1-2-9-4(7)3(6)5(10-2)11-8/h8H2,1H3,(H,9,10,11). The minimum Gasteiger partial charge on any atom is -0.307 e. The fourth-order valence-electron chi connectivity index (χ4n) is 0.620. The van der Waals surface area contributed by atoms with Gasteiger partial charge in [0.1, 0.15) is 10.8 Å². The first-order chi connectivity index (χ1) is 5.15. The number of hydrogen-bond acceptors (Lipinski definition) is 4. The molecule has 3 N–H and O–H groups in total. The predicted octanol–water partition coefficient (Wildman–Crippen LogP) is 1.38. The maximum absolute atomic E-state index is 5.67. The van der Waals surface area contributed by atoms with E-state index in [4.69, 9.17) is 29.0 Å². The van der Waals surface area contributed by atoms with E-state index in [0.29, 0.717) is 11.6 Å². The van der Waals surface area contributed by atoms with Crippen molar-refractivity contribution in [2.75, 3.05) is 5.43 Å². The van der Waals surface area contributed by atoms with Crippen LogP contribution in [-0.2, 0) is 0 Å². The first-order valence-corrected chi connectivity index (χ1v) is 3.57. The van der Waals surface area contributed by atoms with E-state index in [-0.39, 0.29) is 10.2 Å². The molecule has 0 spiro atoms. The van der Waals surface area contributed by atoms with Crippen molar-refractivity contribution in [3.05, 3.63) is 16.0 Å². The van der Waals surface area contributed by atoms with Crippen LogP contribution in [-0.4, -0.2) is 9.97 Å². The number of anilines is 1. The summed E-state index contributed by atoms with van der Waals surface area (Å²) in [6, 6.07) is 0. The van der Waals surface area contributed by atoms with E-state index in [1.165, 1.54) is 0 Å². The van der Waals surface area contributed by atoms with Crippen molar-refractivity contribution >= 4 is 29.0 Å². The number of rotatable bonds is 1. The highest BCUT2D eigenvalue weighted by atomic mass is 35.5. The second-order valence-electron chi connectivity index (χ2n) is 1.87. The number of hydrazine groups is 1. The van der Waals surface area contributed by atoms with E-state index >= 15 is 0 Å². The molecule has 0 radical (unpaired) electrons. The predicted molar refractivity (Wildman–Crippen MR) is 44.6 cm³/mol. The van der Waals surface area contributed by atoms with Crippen LogP contribution < -0.4 is 11.3 Å². The van der Waals surface area contributed by atoms with Crippen molar-refractivity contribution in [2.24, 2.45) is 5.84 Å². The second-order valence-corrected chi connectivity index (χ2v) is 2.60. The summed E-state index contributed by atoms with van der Waals surface area (Å²) in [5.41, 5.74) is 2.31. The fourth-order valence-corrected chi connectivity index (χ4v) is 0.971. The van der Waals surface area contributed by atoms with Crippen LogP contribution >= 0.6 is 23.2 Å². The van der Waals surface area contributed by atoms with E-state index in [1.807, 2.05) is 0 Å². The lowest BCUT2D eigenvalue weighted by Gasteiger charge is -2.03. The Labute approximate surface area is 73.7 Å². The molecule has 0 aliphatic carbocycles. The zero-order valence-corrected chi connectivity index (χ0v) is 7.24. The van der Waals surface area contributed by atoms with E-state index in [1.54, 1.807) is 6.92 Å². The number of hydrogen-bond donors (Lipinski definition) is 2. The molecule has 4 nitrogen and oxygen atoms in total. The summed E-state index contributed by atoms with van der Waals surface area (Å²) < 4.78 is 0. The SMILES string of the molecule is Cc1nc(Cl)c(Cl)c(NN)n1. The van der Waals surface area contributed by atoms with Gasteiger partial charge < -0.3 is 5.43 Å². The number of aromatic nitrogens is 2. The highest BCUT2D eigenvalue weighted by Gasteiger charge is 2.06. The molecule has 0 saturated heterocycles. The molecule has 0 aliphatic rings. The average Bonchev–Trinajstić information content (AvgIpc) is 1.96. The van der Waals surface area contributed by atoms with Gasteiger partial charge in [-0.1, -0.05) is 23.2 Å². The highest BCUT2D eigenvalue weighted by molar-refractivity contribution is 6.42. The Kier molecular flexibility index (Phi) is 2.49.